The highest BCUT2D eigenvalue weighted by Gasteiger charge is 2.11. The molecular formula is C5H8N2O2. The van der Waals surface area contributed by atoms with E-state index in [4.69, 9.17) is 4.74 Å². The van der Waals surface area contributed by atoms with Crippen LogP contribution in [0.2, 0.25) is 0 Å². The second-order valence-electron chi connectivity index (χ2n) is 1.80. The maximum absolute atomic E-state index is 10.4. The van der Waals surface area contributed by atoms with Gasteiger partial charge in [0.1, 0.15) is 13.3 Å². The second-order valence-corrected chi connectivity index (χ2v) is 1.80. The minimum absolute atomic E-state index is 0.105. The quantitative estimate of drug-likeness (QED) is 0.501. The monoisotopic (exact) mass is 128 g/mol. The van der Waals surface area contributed by atoms with Crippen LogP contribution in [0.15, 0.2) is 4.99 Å². The molecule has 50 valence electrons. The molecule has 0 spiro atoms. The molecule has 0 saturated heterocycles. The lowest BCUT2D eigenvalue weighted by atomic mass is 10.6. The Morgan fingerprint density at radius 3 is 3.22 bits per heavy atom. The van der Waals surface area contributed by atoms with Crippen LogP contribution in [-0.4, -0.2) is 37.5 Å². The molecule has 1 aliphatic rings. The molecule has 0 fully saturated rings. The largest absolute Gasteiger partial charge is 0.364 e. The molecule has 0 aromatic rings. The van der Waals surface area contributed by atoms with Crippen molar-refractivity contribution in [2.75, 3.05) is 20.4 Å². The summed E-state index contributed by atoms with van der Waals surface area (Å²) in [5, 5.41) is 0. The van der Waals surface area contributed by atoms with Gasteiger partial charge in [-0.15, -0.1) is 0 Å². The minimum atomic E-state index is -0.105. The molecule has 0 radical (unpaired) electrons. The summed E-state index contributed by atoms with van der Waals surface area (Å²) in [6.07, 6.45) is 1.49. The molecule has 4 heteroatoms. The number of hydrogen-bond donors (Lipinski definition) is 0. The summed E-state index contributed by atoms with van der Waals surface area (Å²) in [6, 6.07) is 0. The van der Waals surface area contributed by atoms with Crippen molar-refractivity contribution in [3.8, 4) is 0 Å². The predicted molar refractivity (Wildman–Crippen MR) is 32.1 cm³/mol. The zero-order chi connectivity index (χ0) is 6.69. The van der Waals surface area contributed by atoms with Gasteiger partial charge in [0.25, 0.3) is 5.91 Å². The summed E-state index contributed by atoms with van der Waals surface area (Å²) >= 11 is 0. The lowest BCUT2D eigenvalue weighted by Gasteiger charge is -2.09. The summed E-state index contributed by atoms with van der Waals surface area (Å²) in [4.78, 5) is 15.6. The molecule has 0 N–H and O–H groups in total. The van der Waals surface area contributed by atoms with E-state index in [1.807, 2.05) is 0 Å². The molecule has 1 amide bonds. The fourth-order valence-electron chi connectivity index (χ4n) is 0.646. The first-order valence-corrected chi connectivity index (χ1v) is 2.63. The summed E-state index contributed by atoms with van der Waals surface area (Å²) < 4.78 is 4.76. The first-order chi connectivity index (χ1) is 4.33. The van der Waals surface area contributed by atoms with E-state index in [1.54, 1.807) is 12.0 Å². The van der Waals surface area contributed by atoms with Crippen LogP contribution in [0.25, 0.3) is 0 Å². The predicted octanol–water partition coefficient (Wildman–Crippen LogP) is -0.539. The van der Waals surface area contributed by atoms with E-state index in [-0.39, 0.29) is 5.91 Å². The highest BCUT2D eigenvalue weighted by molar-refractivity contribution is 5.91. The van der Waals surface area contributed by atoms with Crippen LogP contribution in [0.4, 0.5) is 0 Å². The van der Waals surface area contributed by atoms with Crippen LogP contribution in [0.3, 0.4) is 0 Å². The maximum Gasteiger partial charge on any atom is 0.266 e. The van der Waals surface area contributed by atoms with Gasteiger partial charge in [-0.2, -0.15) is 0 Å². The minimum Gasteiger partial charge on any atom is -0.364 e. The third-order valence-corrected chi connectivity index (χ3v) is 0.998. The Balaban J connectivity index is 2.32. The third-order valence-electron chi connectivity index (χ3n) is 0.998. The molecule has 0 unspecified atom stereocenters. The van der Waals surface area contributed by atoms with Crippen molar-refractivity contribution < 1.29 is 9.53 Å². The highest BCUT2D eigenvalue weighted by Crippen LogP contribution is 1.93. The molecule has 0 saturated carbocycles. The van der Waals surface area contributed by atoms with Crippen molar-refractivity contribution in [3.63, 3.8) is 0 Å². The summed E-state index contributed by atoms with van der Waals surface area (Å²) in [5.74, 6) is -0.105. The molecule has 0 atom stereocenters. The Hall–Kier alpha value is -0.900. The standard InChI is InChI=1S/C5H8N2O2/c1-9-4-7-2-5(8)6-3-7/h3H,2,4H2,1H3. The molecule has 0 bridgehead atoms. The van der Waals surface area contributed by atoms with Gasteiger partial charge in [0.2, 0.25) is 0 Å². The van der Waals surface area contributed by atoms with Crippen molar-refractivity contribution in [3.05, 3.63) is 0 Å². The van der Waals surface area contributed by atoms with E-state index in [0.717, 1.165) is 0 Å². The van der Waals surface area contributed by atoms with Crippen molar-refractivity contribution in [2.24, 2.45) is 4.99 Å². The average Bonchev–Trinajstić information content (AvgIpc) is 2.17. The molecule has 1 aliphatic heterocycles. The van der Waals surface area contributed by atoms with E-state index in [0.29, 0.717) is 13.3 Å². The van der Waals surface area contributed by atoms with Gasteiger partial charge < -0.3 is 9.64 Å². The summed E-state index contributed by atoms with van der Waals surface area (Å²) in [7, 11) is 1.58. The fraction of sp³-hybridized carbons (Fsp3) is 0.600. The molecule has 9 heavy (non-hydrogen) atoms. The topological polar surface area (TPSA) is 41.9 Å². The zero-order valence-corrected chi connectivity index (χ0v) is 5.20. The van der Waals surface area contributed by atoms with Gasteiger partial charge in [-0.1, -0.05) is 0 Å². The van der Waals surface area contributed by atoms with Crippen LogP contribution >= 0.6 is 0 Å². The Morgan fingerprint density at radius 2 is 2.78 bits per heavy atom. The smallest absolute Gasteiger partial charge is 0.266 e. The van der Waals surface area contributed by atoms with Gasteiger partial charge in [-0.05, 0) is 0 Å². The molecular weight excluding hydrogens is 120 g/mol. The van der Waals surface area contributed by atoms with E-state index in [9.17, 15) is 4.79 Å². The SMILES string of the molecule is COCN1C=NC(=O)C1. The number of carbonyl (C=O) groups excluding carboxylic acids is 1. The van der Waals surface area contributed by atoms with Crippen molar-refractivity contribution in [1.29, 1.82) is 0 Å². The number of carbonyl (C=O) groups is 1. The van der Waals surface area contributed by atoms with Crippen LogP contribution in [-0.2, 0) is 9.53 Å². The molecule has 0 aromatic carbocycles. The van der Waals surface area contributed by atoms with E-state index < -0.39 is 0 Å². The summed E-state index contributed by atoms with van der Waals surface area (Å²) in [6.45, 7) is 0.795. The van der Waals surface area contributed by atoms with E-state index in [1.165, 1.54) is 6.34 Å². The van der Waals surface area contributed by atoms with E-state index >= 15 is 0 Å². The molecule has 0 aromatic heterocycles. The number of amides is 1. The molecule has 4 nitrogen and oxygen atoms in total. The lowest BCUT2D eigenvalue weighted by Crippen LogP contribution is -2.23. The van der Waals surface area contributed by atoms with Gasteiger partial charge in [-0.3, -0.25) is 4.79 Å². The average molecular weight is 128 g/mol. The van der Waals surface area contributed by atoms with Gasteiger partial charge in [0, 0.05) is 7.11 Å². The molecule has 1 heterocycles. The Morgan fingerprint density at radius 1 is 2.00 bits per heavy atom. The zero-order valence-electron chi connectivity index (χ0n) is 5.20. The second kappa shape index (κ2) is 2.59. The first-order valence-electron chi connectivity index (χ1n) is 2.63. The number of hydrogen-bond acceptors (Lipinski definition) is 3. The Labute approximate surface area is 53.1 Å². The Bertz CT molecular complexity index is 144. The number of methoxy groups -OCH3 is 1. The number of rotatable bonds is 2. The van der Waals surface area contributed by atoms with Crippen molar-refractivity contribution in [1.82, 2.24) is 4.90 Å². The van der Waals surface area contributed by atoms with Crippen LogP contribution in [0.5, 0.6) is 0 Å². The van der Waals surface area contributed by atoms with Gasteiger partial charge in [0.15, 0.2) is 0 Å². The van der Waals surface area contributed by atoms with E-state index in [2.05, 4.69) is 4.99 Å². The van der Waals surface area contributed by atoms with Crippen molar-refractivity contribution in [2.45, 2.75) is 0 Å². The fourth-order valence-corrected chi connectivity index (χ4v) is 0.646. The number of nitrogens with zero attached hydrogens (tertiary/aromatic N) is 2. The van der Waals surface area contributed by atoms with Crippen LogP contribution in [0.1, 0.15) is 0 Å². The third kappa shape index (κ3) is 1.50. The number of ether oxygens (including phenoxy) is 1. The van der Waals surface area contributed by atoms with Crippen molar-refractivity contribution >= 4 is 12.2 Å². The molecule has 0 aliphatic carbocycles. The van der Waals surface area contributed by atoms with Crippen LogP contribution < -0.4 is 0 Å². The lowest BCUT2D eigenvalue weighted by molar-refractivity contribution is -0.117. The van der Waals surface area contributed by atoms with Gasteiger partial charge in [0.05, 0.1) is 6.34 Å². The molecule has 1 rings (SSSR count). The normalized spacial score (nSPS) is 17.4. The highest BCUT2D eigenvalue weighted by atomic mass is 16.5. The van der Waals surface area contributed by atoms with Crippen LogP contribution in [0, 0.1) is 0 Å². The number of aliphatic imine (C=N–C) groups is 1. The first kappa shape index (κ1) is 6.22. The maximum atomic E-state index is 10.4. The Kier molecular flexibility index (Phi) is 1.79. The summed E-state index contributed by atoms with van der Waals surface area (Å²) in [5.41, 5.74) is 0. The van der Waals surface area contributed by atoms with Gasteiger partial charge >= 0.3 is 0 Å². The van der Waals surface area contributed by atoms with Gasteiger partial charge in [-0.25, -0.2) is 4.99 Å².